The number of nitrogens with zero attached hydrogens (tertiary/aromatic N) is 1. The molecule has 3 N–H and O–H groups in total. The van der Waals surface area contributed by atoms with Crippen LogP contribution in [0.15, 0.2) is 11.4 Å². The largest absolute Gasteiger partial charge is 0.366 e. The van der Waals surface area contributed by atoms with Gasteiger partial charge in [0.25, 0.3) is 0 Å². The van der Waals surface area contributed by atoms with Crippen molar-refractivity contribution in [3.8, 4) is 6.07 Å². The molecule has 5 heteroatoms. The Balaban J connectivity index is 2.17. The van der Waals surface area contributed by atoms with Gasteiger partial charge in [-0.05, 0) is 25.5 Å². The molecule has 1 aromatic heterocycles. The van der Waals surface area contributed by atoms with Gasteiger partial charge in [-0.15, -0.1) is 11.3 Å². The molecule has 0 spiro atoms. The fourth-order valence-corrected chi connectivity index (χ4v) is 2.11. The van der Waals surface area contributed by atoms with Gasteiger partial charge >= 0.3 is 0 Å². The molecule has 1 amide bonds. The van der Waals surface area contributed by atoms with Crippen LogP contribution >= 0.6 is 11.3 Å². The second-order valence-electron chi connectivity index (χ2n) is 3.46. The van der Waals surface area contributed by atoms with E-state index in [1.165, 1.54) is 11.3 Å². The standard InChI is InChI=1S/C11H15N3OS/c12-4-2-1-3-5-14-7-10-6-9(8-16-10)11(13)15/h6,8,14H,1-3,5,7H2,(H2,13,15). The molecule has 0 aliphatic carbocycles. The van der Waals surface area contributed by atoms with Gasteiger partial charge in [0.2, 0.25) is 5.91 Å². The lowest BCUT2D eigenvalue weighted by Gasteiger charge is -2.00. The molecule has 1 heterocycles. The number of amides is 1. The predicted molar refractivity (Wildman–Crippen MR) is 64.0 cm³/mol. The van der Waals surface area contributed by atoms with Crippen molar-refractivity contribution in [2.45, 2.75) is 25.8 Å². The Morgan fingerprint density at radius 2 is 2.38 bits per heavy atom. The van der Waals surface area contributed by atoms with Crippen LogP contribution in [-0.4, -0.2) is 12.5 Å². The smallest absolute Gasteiger partial charge is 0.249 e. The Morgan fingerprint density at radius 1 is 1.56 bits per heavy atom. The number of thiophene rings is 1. The second-order valence-corrected chi connectivity index (χ2v) is 4.45. The van der Waals surface area contributed by atoms with Gasteiger partial charge in [-0.25, -0.2) is 0 Å². The van der Waals surface area contributed by atoms with Gasteiger partial charge in [0.15, 0.2) is 0 Å². The molecule has 86 valence electrons. The lowest BCUT2D eigenvalue weighted by molar-refractivity contribution is 0.100. The molecular weight excluding hydrogens is 222 g/mol. The second kappa shape index (κ2) is 6.99. The quantitative estimate of drug-likeness (QED) is 0.707. The molecule has 0 aromatic carbocycles. The Hall–Kier alpha value is -1.38. The molecule has 0 unspecified atom stereocenters. The van der Waals surface area contributed by atoms with Crippen LogP contribution in [0.1, 0.15) is 34.5 Å². The van der Waals surface area contributed by atoms with Gasteiger partial charge in [-0.3, -0.25) is 4.79 Å². The number of carbonyl (C=O) groups is 1. The average molecular weight is 237 g/mol. The van der Waals surface area contributed by atoms with Crippen molar-refractivity contribution in [2.24, 2.45) is 5.73 Å². The highest BCUT2D eigenvalue weighted by Gasteiger charge is 2.03. The Bertz CT molecular complexity index is 381. The van der Waals surface area contributed by atoms with Gasteiger partial charge < -0.3 is 11.1 Å². The van der Waals surface area contributed by atoms with Gasteiger partial charge in [0.1, 0.15) is 0 Å². The van der Waals surface area contributed by atoms with E-state index in [9.17, 15) is 4.79 Å². The van der Waals surface area contributed by atoms with Gasteiger partial charge in [-0.2, -0.15) is 5.26 Å². The highest BCUT2D eigenvalue weighted by atomic mass is 32.1. The van der Waals surface area contributed by atoms with Crippen LogP contribution in [0.2, 0.25) is 0 Å². The lowest BCUT2D eigenvalue weighted by Crippen LogP contribution is -2.14. The van der Waals surface area contributed by atoms with Gasteiger partial charge in [0.05, 0.1) is 11.6 Å². The van der Waals surface area contributed by atoms with Crippen LogP contribution in [0.3, 0.4) is 0 Å². The molecule has 0 saturated carbocycles. The van der Waals surface area contributed by atoms with E-state index >= 15 is 0 Å². The molecule has 1 aromatic rings. The molecule has 0 aliphatic heterocycles. The van der Waals surface area contributed by atoms with Crippen LogP contribution < -0.4 is 11.1 Å². The van der Waals surface area contributed by atoms with Crippen LogP contribution in [0.4, 0.5) is 0 Å². The first-order valence-electron chi connectivity index (χ1n) is 5.19. The summed E-state index contributed by atoms with van der Waals surface area (Å²) in [7, 11) is 0. The third-order valence-corrected chi connectivity index (χ3v) is 3.07. The van der Waals surface area contributed by atoms with Crippen molar-refractivity contribution < 1.29 is 4.79 Å². The van der Waals surface area contributed by atoms with Gasteiger partial charge in [0, 0.05) is 23.2 Å². The van der Waals surface area contributed by atoms with E-state index in [2.05, 4.69) is 11.4 Å². The molecule has 0 aliphatic rings. The van der Waals surface area contributed by atoms with Crippen molar-refractivity contribution in [1.29, 1.82) is 5.26 Å². The molecule has 4 nitrogen and oxygen atoms in total. The summed E-state index contributed by atoms with van der Waals surface area (Å²) in [4.78, 5) is 11.9. The third kappa shape index (κ3) is 4.43. The number of nitrogens with two attached hydrogens (primary N) is 1. The summed E-state index contributed by atoms with van der Waals surface area (Å²) in [6, 6.07) is 3.93. The first-order chi connectivity index (χ1) is 7.74. The fourth-order valence-electron chi connectivity index (χ4n) is 1.27. The number of rotatable bonds is 7. The van der Waals surface area contributed by atoms with Crippen molar-refractivity contribution in [1.82, 2.24) is 5.32 Å². The number of hydrogen-bond donors (Lipinski definition) is 2. The van der Waals surface area contributed by atoms with E-state index < -0.39 is 0 Å². The van der Waals surface area contributed by atoms with Crippen LogP contribution in [0, 0.1) is 11.3 Å². The summed E-state index contributed by atoms with van der Waals surface area (Å²) in [6.07, 6.45) is 2.55. The number of unbranched alkanes of at least 4 members (excludes halogenated alkanes) is 2. The molecule has 0 saturated heterocycles. The molecule has 0 bridgehead atoms. The van der Waals surface area contributed by atoms with Crippen LogP contribution in [-0.2, 0) is 6.54 Å². The summed E-state index contributed by atoms with van der Waals surface area (Å²) in [5, 5.41) is 13.4. The molecule has 0 fully saturated rings. The summed E-state index contributed by atoms with van der Waals surface area (Å²) < 4.78 is 0. The zero-order valence-electron chi connectivity index (χ0n) is 9.03. The normalized spacial score (nSPS) is 9.94. The molecule has 0 atom stereocenters. The van der Waals surface area contributed by atoms with E-state index in [0.29, 0.717) is 12.0 Å². The van der Waals surface area contributed by atoms with E-state index in [1.807, 2.05) is 6.07 Å². The maximum Gasteiger partial charge on any atom is 0.249 e. The van der Waals surface area contributed by atoms with E-state index in [4.69, 9.17) is 11.0 Å². The minimum atomic E-state index is -0.378. The molecule has 1 rings (SSSR count). The summed E-state index contributed by atoms with van der Waals surface area (Å²) in [5.74, 6) is -0.378. The minimum Gasteiger partial charge on any atom is -0.366 e. The van der Waals surface area contributed by atoms with E-state index in [1.54, 1.807) is 5.38 Å². The van der Waals surface area contributed by atoms with Crippen LogP contribution in [0.25, 0.3) is 0 Å². The number of carbonyl (C=O) groups excluding carboxylic acids is 1. The zero-order chi connectivity index (χ0) is 11.8. The predicted octanol–water partition coefficient (Wildman–Crippen LogP) is 1.63. The lowest BCUT2D eigenvalue weighted by atomic mass is 10.2. The fraction of sp³-hybridized carbons (Fsp3) is 0.455. The maximum atomic E-state index is 10.8. The van der Waals surface area contributed by atoms with Gasteiger partial charge in [-0.1, -0.05) is 0 Å². The van der Waals surface area contributed by atoms with Crippen molar-refractivity contribution >= 4 is 17.2 Å². The van der Waals surface area contributed by atoms with Crippen molar-refractivity contribution in [3.63, 3.8) is 0 Å². The number of nitrogens with one attached hydrogen (secondary N) is 1. The highest BCUT2D eigenvalue weighted by Crippen LogP contribution is 2.13. The number of primary amides is 1. The zero-order valence-corrected chi connectivity index (χ0v) is 9.85. The first-order valence-corrected chi connectivity index (χ1v) is 6.07. The monoisotopic (exact) mass is 237 g/mol. The molecule has 0 radical (unpaired) electrons. The summed E-state index contributed by atoms with van der Waals surface area (Å²) in [6.45, 7) is 1.65. The minimum absolute atomic E-state index is 0.378. The third-order valence-electron chi connectivity index (χ3n) is 2.13. The van der Waals surface area contributed by atoms with Crippen molar-refractivity contribution in [2.75, 3.05) is 6.54 Å². The van der Waals surface area contributed by atoms with Crippen LogP contribution in [0.5, 0.6) is 0 Å². The highest BCUT2D eigenvalue weighted by molar-refractivity contribution is 7.10. The average Bonchev–Trinajstić information content (AvgIpc) is 2.72. The van der Waals surface area contributed by atoms with E-state index in [-0.39, 0.29) is 5.91 Å². The Labute approximate surface area is 99.1 Å². The van der Waals surface area contributed by atoms with E-state index in [0.717, 1.165) is 30.8 Å². The van der Waals surface area contributed by atoms with Crippen molar-refractivity contribution in [3.05, 3.63) is 21.9 Å². The number of nitriles is 1. The number of hydrogen-bond acceptors (Lipinski definition) is 4. The first kappa shape index (κ1) is 12.7. The Morgan fingerprint density at radius 3 is 3.00 bits per heavy atom. The Kier molecular flexibility index (Phi) is 5.54. The maximum absolute atomic E-state index is 10.8. The SMILES string of the molecule is N#CCCCCNCc1cc(C(N)=O)cs1. The summed E-state index contributed by atoms with van der Waals surface area (Å²) >= 11 is 1.53. The topological polar surface area (TPSA) is 78.9 Å². The molecular formula is C11H15N3OS. The summed E-state index contributed by atoms with van der Waals surface area (Å²) in [5.41, 5.74) is 5.73. The molecule has 16 heavy (non-hydrogen) atoms.